The van der Waals surface area contributed by atoms with E-state index in [1.807, 2.05) is 51.0 Å². The first-order valence-electron chi connectivity index (χ1n) is 8.31. The van der Waals surface area contributed by atoms with Gasteiger partial charge in [0.2, 0.25) is 0 Å². The molecule has 0 bridgehead atoms. The molecule has 0 spiro atoms. The summed E-state index contributed by atoms with van der Waals surface area (Å²) >= 11 is 0. The Hall–Kier alpha value is -2.54. The number of ether oxygens (including phenoxy) is 1. The van der Waals surface area contributed by atoms with E-state index in [4.69, 9.17) is 4.74 Å². The molecule has 132 valence electrons. The Morgan fingerprint density at radius 1 is 1.28 bits per heavy atom. The maximum absolute atomic E-state index is 12.8. The fraction of sp³-hybridized carbons (Fsp3) is 0.444. The second kappa shape index (κ2) is 7.14. The maximum atomic E-state index is 12.8. The molecule has 25 heavy (non-hydrogen) atoms. The van der Waals surface area contributed by atoms with Crippen LogP contribution in [-0.4, -0.2) is 59.6 Å². The molecule has 3 heterocycles. The standard InChI is InChI=1S/C18H23N5O2/c1-12-14(10-19-13(2)20-12)18(24)23-8-9-25-16(11-23)15-6-5-7-17(21-15)22(3)4/h5-7,10,16H,8-9,11H2,1-4H3. The fourth-order valence-electron chi connectivity index (χ4n) is 2.84. The number of carbonyl (C=O) groups excluding carboxylic acids is 1. The van der Waals surface area contributed by atoms with Crippen molar-refractivity contribution in [2.75, 3.05) is 38.7 Å². The summed E-state index contributed by atoms with van der Waals surface area (Å²) in [5.41, 5.74) is 2.08. The van der Waals surface area contributed by atoms with Gasteiger partial charge in [-0.15, -0.1) is 0 Å². The summed E-state index contributed by atoms with van der Waals surface area (Å²) in [5, 5.41) is 0. The van der Waals surface area contributed by atoms with Crippen molar-refractivity contribution in [2.45, 2.75) is 20.0 Å². The second-order valence-electron chi connectivity index (χ2n) is 6.34. The van der Waals surface area contributed by atoms with Crippen LogP contribution in [0.4, 0.5) is 5.82 Å². The van der Waals surface area contributed by atoms with E-state index in [1.165, 1.54) is 0 Å². The van der Waals surface area contributed by atoms with E-state index in [1.54, 1.807) is 11.1 Å². The van der Waals surface area contributed by atoms with Gasteiger partial charge in [0.25, 0.3) is 5.91 Å². The van der Waals surface area contributed by atoms with E-state index in [0.717, 1.165) is 11.5 Å². The van der Waals surface area contributed by atoms with Crippen molar-refractivity contribution in [1.29, 1.82) is 0 Å². The SMILES string of the molecule is Cc1ncc(C(=O)N2CCOC(c3cccc(N(C)C)n3)C2)c(C)n1. The van der Waals surface area contributed by atoms with Gasteiger partial charge in [0.1, 0.15) is 17.7 Å². The Labute approximate surface area is 147 Å². The van der Waals surface area contributed by atoms with Crippen molar-refractivity contribution in [3.8, 4) is 0 Å². The third kappa shape index (κ3) is 3.76. The molecule has 0 aromatic carbocycles. The lowest BCUT2D eigenvalue weighted by molar-refractivity contribution is -0.0247. The Balaban J connectivity index is 1.79. The number of anilines is 1. The highest BCUT2D eigenvalue weighted by Crippen LogP contribution is 2.23. The van der Waals surface area contributed by atoms with Gasteiger partial charge < -0.3 is 14.5 Å². The van der Waals surface area contributed by atoms with Gasteiger partial charge in [0.05, 0.1) is 30.1 Å². The molecule has 2 aromatic heterocycles. The van der Waals surface area contributed by atoms with E-state index in [-0.39, 0.29) is 12.0 Å². The molecule has 0 saturated carbocycles. The van der Waals surface area contributed by atoms with Crippen molar-refractivity contribution < 1.29 is 9.53 Å². The summed E-state index contributed by atoms with van der Waals surface area (Å²) in [6.07, 6.45) is 1.37. The highest BCUT2D eigenvalue weighted by atomic mass is 16.5. The number of carbonyl (C=O) groups is 1. The number of aromatic nitrogens is 3. The van der Waals surface area contributed by atoms with Crippen LogP contribution in [0, 0.1) is 13.8 Å². The molecule has 1 fully saturated rings. The average Bonchev–Trinajstić information content (AvgIpc) is 2.61. The lowest BCUT2D eigenvalue weighted by atomic mass is 10.1. The van der Waals surface area contributed by atoms with E-state index in [0.29, 0.717) is 36.8 Å². The van der Waals surface area contributed by atoms with Gasteiger partial charge in [-0.2, -0.15) is 0 Å². The van der Waals surface area contributed by atoms with Crippen LogP contribution >= 0.6 is 0 Å². The highest BCUT2D eigenvalue weighted by Gasteiger charge is 2.28. The molecule has 0 aliphatic carbocycles. The Morgan fingerprint density at radius 3 is 2.80 bits per heavy atom. The molecule has 0 N–H and O–H groups in total. The zero-order chi connectivity index (χ0) is 18.0. The van der Waals surface area contributed by atoms with Gasteiger partial charge in [-0.1, -0.05) is 6.07 Å². The van der Waals surface area contributed by atoms with Crippen LogP contribution in [0.25, 0.3) is 0 Å². The molecule has 1 saturated heterocycles. The van der Waals surface area contributed by atoms with Crippen molar-refractivity contribution in [3.05, 3.63) is 47.2 Å². The van der Waals surface area contributed by atoms with Gasteiger partial charge in [-0.05, 0) is 26.0 Å². The van der Waals surface area contributed by atoms with Gasteiger partial charge in [-0.3, -0.25) is 4.79 Å². The summed E-state index contributed by atoms with van der Waals surface area (Å²) in [5.74, 6) is 1.47. The molecule has 7 heteroatoms. The largest absolute Gasteiger partial charge is 0.368 e. The molecule has 1 aliphatic heterocycles. The fourth-order valence-corrected chi connectivity index (χ4v) is 2.84. The topological polar surface area (TPSA) is 71.5 Å². The molecule has 7 nitrogen and oxygen atoms in total. The van der Waals surface area contributed by atoms with Crippen LogP contribution in [0.1, 0.15) is 33.7 Å². The van der Waals surface area contributed by atoms with Crippen LogP contribution in [0.5, 0.6) is 0 Å². The Kier molecular flexibility index (Phi) is 4.94. The predicted molar refractivity (Wildman–Crippen MR) is 94.7 cm³/mol. The minimum atomic E-state index is -0.232. The minimum Gasteiger partial charge on any atom is -0.368 e. The molecule has 0 radical (unpaired) electrons. The van der Waals surface area contributed by atoms with Gasteiger partial charge in [0, 0.05) is 26.8 Å². The monoisotopic (exact) mass is 341 g/mol. The lowest BCUT2D eigenvalue weighted by Crippen LogP contribution is -2.42. The molecule has 3 rings (SSSR count). The summed E-state index contributed by atoms with van der Waals surface area (Å²) in [4.78, 5) is 29.7. The maximum Gasteiger partial charge on any atom is 0.257 e. The quantitative estimate of drug-likeness (QED) is 0.847. The molecule has 1 atom stereocenters. The first kappa shape index (κ1) is 17.3. The van der Waals surface area contributed by atoms with Crippen molar-refractivity contribution in [1.82, 2.24) is 19.9 Å². The number of morpholine rings is 1. The van der Waals surface area contributed by atoms with Gasteiger partial charge >= 0.3 is 0 Å². The third-order valence-corrected chi connectivity index (χ3v) is 4.23. The van der Waals surface area contributed by atoms with E-state index >= 15 is 0 Å². The van der Waals surface area contributed by atoms with Crippen LogP contribution in [0.15, 0.2) is 24.4 Å². The molecule has 1 aliphatic rings. The van der Waals surface area contributed by atoms with Gasteiger partial charge in [-0.25, -0.2) is 15.0 Å². The van der Waals surface area contributed by atoms with E-state index in [2.05, 4.69) is 15.0 Å². The molecule has 2 aromatic rings. The number of pyridine rings is 1. The number of hydrogen-bond acceptors (Lipinski definition) is 6. The first-order valence-corrected chi connectivity index (χ1v) is 8.31. The van der Waals surface area contributed by atoms with E-state index in [9.17, 15) is 4.79 Å². The van der Waals surface area contributed by atoms with Crippen LogP contribution in [0.3, 0.4) is 0 Å². The normalized spacial score (nSPS) is 17.4. The van der Waals surface area contributed by atoms with E-state index < -0.39 is 0 Å². The van der Waals surface area contributed by atoms with Crippen molar-refractivity contribution >= 4 is 11.7 Å². The van der Waals surface area contributed by atoms with Crippen LogP contribution < -0.4 is 4.90 Å². The van der Waals surface area contributed by atoms with Crippen LogP contribution in [0.2, 0.25) is 0 Å². The summed E-state index contributed by atoms with van der Waals surface area (Å²) < 4.78 is 5.86. The second-order valence-corrected chi connectivity index (χ2v) is 6.34. The predicted octanol–water partition coefficient (Wildman–Crippen LogP) is 1.77. The zero-order valence-corrected chi connectivity index (χ0v) is 15.1. The zero-order valence-electron chi connectivity index (χ0n) is 15.1. The molecular formula is C18H23N5O2. The Morgan fingerprint density at radius 2 is 2.08 bits per heavy atom. The Bertz CT molecular complexity index is 778. The molecular weight excluding hydrogens is 318 g/mol. The van der Waals surface area contributed by atoms with Crippen molar-refractivity contribution in [3.63, 3.8) is 0 Å². The number of hydrogen-bond donors (Lipinski definition) is 0. The van der Waals surface area contributed by atoms with Gasteiger partial charge in [0.15, 0.2) is 0 Å². The summed E-state index contributed by atoms with van der Waals surface area (Å²) in [6.45, 7) is 5.15. The lowest BCUT2D eigenvalue weighted by Gasteiger charge is -2.33. The number of aryl methyl sites for hydroxylation is 2. The number of rotatable bonds is 3. The first-order chi connectivity index (χ1) is 12.0. The minimum absolute atomic E-state index is 0.0606. The van der Waals surface area contributed by atoms with Crippen molar-refractivity contribution in [2.24, 2.45) is 0 Å². The summed E-state index contributed by atoms with van der Waals surface area (Å²) in [6, 6.07) is 5.84. The summed E-state index contributed by atoms with van der Waals surface area (Å²) in [7, 11) is 3.90. The molecule has 1 amide bonds. The third-order valence-electron chi connectivity index (χ3n) is 4.23. The smallest absolute Gasteiger partial charge is 0.257 e. The molecule has 1 unspecified atom stereocenters. The highest BCUT2D eigenvalue weighted by molar-refractivity contribution is 5.95. The van der Waals surface area contributed by atoms with Crippen LogP contribution in [-0.2, 0) is 4.74 Å². The number of amides is 1. The average molecular weight is 341 g/mol. The number of nitrogens with zero attached hydrogens (tertiary/aromatic N) is 5.